The second-order valence-corrected chi connectivity index (χ2v) is 7.47. The molecule has 1 saturated carbocycles. The summed E-state index contributed by atoms with van der Waals surface area (Å²) in [5, 5.41) is 6.74. The van der Waals surface area contributed by atoms with Gasteiger partial charge in [-0.15, -0.1) is 12.4 Å². The number of carbonyl (C=O) groups is 1. The van der Waals surface area contributed by atoms with Gasteiger partial charge < -0.3 is 10.6 Å². The molecule has 1 aliphatic heterocycles. The summed E-state index contributed by atoms with van der Waals surface area (Å²) in [5.74, 6) is 1.09. The van der Waals surface area contributed by atoms with Gasteiger partial charge in [-0.2, -0.15) is 0 Å². The first kappa shape index (κ1) is 18.3. The van der Waals surface area contributed by atoms with Gasteiger partial charge in [-0.3, -0.25) is 4.79 Å². The molecule has 1 saturated heterocycles. The molecule has 1 aromatic carbocycles. The molecule has 0 aromatic heterocycles. The van der Waals surface area contributed by atoms with Crippen LogP contribution in [0, 0.1) is 17.3 Å². The third kappa shape index (κ3) is 4.27. The highest BCUT2D eigenvalue weighted by molar-refractivity contribution is 5.85. The van der Waals surface area contributed by atoms with E-state index < -0.39 is 0 Å². The molecule has 3 rings (SSSR count). The first-order valence-corrected chi connectivity index (χ1v) is 8.67. The van der Waals surface area contributed by atoms with Crippen molar-refractivity contribution in [1.82, 2.24) is 10.6 Å². The van der Waals surface area contributed by atoms with E-state index in [-0.39, 0.29) is 30.3 Å². The summed E-state index contributed by atoms with van der Waals surface area (Å²) in [6, 6.07) is 10.5. The zero-order valence-corrected chi connectivity index (χ0v) is 15.0. The molecule has 2 atom stereocenters. The van der Waals surface area contributed by atoms with Crippen LogP contribution in [0.1, 0.15) is 51.1 Å². The fourth-order valence-electron chi connectivity index (χ4n) is 3.90. The highest BCUT2D eigenvalue weighted by Crippen LogP contribution is 2.58. The molecule has 1 aromatic rings. The molecule has 4 heteroatoms. The van der Waals surface area contributed by atoms with Crippen molar-refractivity contribution in [2.24, 2.45) is 17.3 Å². The number of nitrogens with one attached hydrogen (secondary N) is 2. The van der Waals surface area contributed by atoms with Crippen LogP contribution in [0.25, 0.3) is 0 Å². The normalized spacial score (nSPS) is 23.2. The fraction of sp³-hybridized carbons (Fsp3) is 0.632. The summed E-state index contributed by atoms with van der Waals surface area (Å²) in [6.45, 7) is 6.57. The SMILES string of the molecule is CC(C)CC(NC(=O)C1CC12CCNCC2)c1ccccc1.Cl. The fourth-order valence-corrected chi connectivity index (χ4v) is 3.90. The van der Waals surface area contributed by atoms with E-state index in [2.05, 4.69) is 48.7 Å². The Kier molecular flexibility index (Phi) is 6.10. The van der Waals surface area contributed by atoms with Crippen LogP contribution in [0.3, 0.4) is 0 Å². The van der Waals surface area contributed by atoms with Crippen LogP contribution in [0.2, 0.25) is 0 Å². The molecular formula is C19H29ClN2O. The van der Waals surface area contributed by atoms with E-state index in [4.69, 9.17) is 0 Å². The molecule has 1 aliphatic carbocycles. The van der Waals surface area contributed by atoms with Crippen molar-refractivity contribution >= 4 is 18.3 Å². The maximum Gasteiger partial charge on any atom is 0.224 e. The Labute approximate surface area is 146 Å². The predicted octanol–water partition coefficient (Wildman–Crippen LogP) is 3.70. The van der Waals surface area contributed by atoms with Gasteiger partial charge in [0.05, 0.1) is 6.04 Å². The molecule has 2 fully saturated rings. The molecule has 1 amide bonds. The van der Waals surface area contributed by atoms with Crippen LogP contribution >= 0.6 is 12.4 Å². The van der Waals surface area contributed by atoms with Gasteiger partial charge >= 0.3 is 0 Å². The van der Waals surface area contributed by atoms with E-state index in [0.29, 0.717) is 11.3 Å². The number of hydrogen-bond acceptors (Lipinski definition) is 2. The van der Waals surface area contributed by atoms with Crippen LogP contribution in [-0.2, 0) is 4.79 Å². The Hall–Kier alpha value is -1.06. The van der Waals surface area contributed by atoms with E-state index in [1.54, 1.807) is 0 Å². The van der Waals surface area contributed by atoms with E-state index in [0.717, 1.165) is 38.8 Å². The molecule has 1 spiro atoms. The van der Waals surface area contributed by atoms with Gasteiger partial charge in [0.2, 0.25) is 5.91 Å². The Balaban J connectivity index is 0.00000192. The molecule has 0 radical (unpaired) electrons. The van der Waals surface area contributed by atoms with Crippen molar-refractivity contribution in [3.05, 3.63) is 35.9 Å². The molecule has 2 unspecified atom stereocenters. The zero-order chi connectivity index (χ0) is 15.6. The molecule has 23 heavy (non-hydrogen) atoms. The quantitative estimate of drug-likeness (QED) is 0.860. The van der Waals surface area contributed by atoms with Gasteiger partial charge in [-0.1, -0.05) is 44.2 Å². The van der Waals surface area contributed by atoms with Crippen molar-refractivity contribution in [3.63, 3.8) is 0 Å². The topological polar surface area (TPSA) is 41.1 Å². The summed E-state index contributed by atoms with van der Waals surface area (Å²) in [6.07, 6.45) is 4.40. The highest BCUT2D eigenvalue weighted by Gasteiger charge is 2.57. The lowest BCUT2D eigenvalue weighted by Crippen LogP contribution is -2.35. The maximum absolute atomic E-state index is 12.7. The Bertz CT molecular complexity index is 511. The first-order valence-electron chi connectivity index (χ1n) is 8.67. The minimum atomic E-state index is 0. The Morgan fingerprint density at radius 3 is 2.52 bits per heavy atom. The number of hydrogen-bond donors (Lipinski definition) is 2. The second kappa shape index (κ2) is 7.67. The van der Waals surface area contributed by atoms with Crippen LogP contribution in [-0.4, -0.2) is 19.0 Å². The summed E-state index contributed by atoms with van der Waals surface area (Å²) in [4.78, 5) is 12.7. The van der Waals surface area contributed by atoms with Gasteiger partial charge in [-0.05, 0) is 55.7 Å². The molecule has 2 N–H and O–H groups in total. The maximum atomic E-state index is 12.7. The third-order valence-corrected chi connectivity index (χ3v) is 5.33. The number of piperidine rings is 1. The Morgan fingerprint density at radius 2 is 1.91 bits per heavy atom. The molecule has 3 nitrogen and oxygen atoms in total. The summed E-state index contributed by atoms with van der Waals surface area (Å²) < 4.78 is 0. The van der Waals surface area contributed by atoms with E-state index >= 15 is 0 Å². The minimum absolute atomic E-state index is 0. The number of amides is 1. The number of benzene rings is 1. The lowest BCUT2D eigenvalue weighted by molar-refractivity contribution is -0.124. The van der Waals surface area contributed by atoms with Crippen molar-refractivity contribution < 1.29 is 4.79 Å². The van der Waals surface area contributed by atoms with Crippen molar-refractivity contribution in [2.75, 3.05) is 13.1 Å². The summed E-state index contributed by atoms with van der Waals surface area (Å²) >= 11 is 0. The van der Waals surface area contributed by atoms with Crippen molar-refractivity contribution in [2.45, 2.75) is 45.6 Å². The van der Waals surface area contributed by atoms with E-state index in [1.807, 2.05) is 6.07 Å². The minimum Gasteiger partial charge on any atom is -0.349 e. The second-order valence-electron chi connectivity index (χ2n) is 7.47. The molecular weight excluding hydrogens is 308 g/mol. The van der Waals surface area contributed by atoms with Crippen molar-refractivity contribution in [3.8, 4) is 0 Å². The summed E-state index contributed by atoms with van der Waals surface area (Å²) in [7, 11) is 0. The average Bonchev–Trinajstić information content (AvgIpc) is 3.21. The average molecular weight is 337 g/mol. The first-order chi connectivity index (χ1) is 10.6. The van der Waals surface area contributed by atoms with Crippen LogP contribution < -0.4 is 10.6 Å². The molecule has 128 valence electrons. The molecule has 2 aliphatic rings. The van der Waals surface area contributed by atoms with Gasteiger partial charge in [0.1, 0.15) is 0 Å². The smallest absolute Gasteiger partial charge is 0.224 e. The largest absolute Gasteiger partial charge is 0.349 e. The molecule has 1 heterocycles. The number of carbonyl (C=O) groups excluding carboxylic acids is 1. The number of rotatable bonds is 5. The lowest BCUT2D eigenvalue weighted by atomic mass is 9.91. The van der Waals surface area contributed by atoms with Crippen LogP contribution in [0.5, 0.6) is 0 Å². The standard InChI is InChI=1S/C19H28N2O.ClH/c1-14(2)12-17(15-6-4-3-5-7-15)21-18(22)16-13-19(16)8-10-20-11-9-19;/h3-7,14,16-17,20H,8-13H2,1-2H3,(H,21,22);1H. The third-order valence-electron chi connectivity index (χ3n) is 5.33. The monoisotopic (exact) mass is 336 g/mol. The van der Waals surface area contributed by atoms with Crippen LogP contribution in [0.4, 0.5) is 0 Å². The van der Waals surface area contributed by atoms with E-state index in [1.165, 1.54) is 5.56 Å². The lowest BCUT2D eigenvalue weighted by Gasteiger charge is -2.25. The van der Waals surface area contributed by atoms with Gasteiger partial charge in [0, 0.05) is 5.92 Å². The Morgan fingerprint density at radius 1 is 1.26 bits per heavy atom. The van der Waals surface area contributed by atoms with Gasteiger partial charge in [0.15, 0.2) is 0 Å². The summed E-state index contributed by atoms with van der Waals surface area (Å²) in [5.41, 5.74) is 1.54. The van der Waals surface area contributed by atoms with Gasteiger partial charge in [0.25, 0.3) is 0 Å². The van der Waals surface area contributed by atoms with Crippen molar-refractivity contribution in [1.29, 1.82) is 0 Å². The van der Waals surface area contributed by atoms with Gasteiger partial charge in [-0.25, -0.2) is 0 Å². The van der Waals surface area contributed by atoms with Crippen LogP contribution in [0.15, 0.2) is 30.3 Å². The zero-order valence-electron chi connectivity index (χ0n) is 14.2. The molecule has 0 bridgehead atoms. The van der Waals surface area contributed by atoms with E-state index in [9.17, 15) is 4.79 Å². The predicted molar refractivity (Wildman–Crippen MR) is 96.7 cm³/mol. The number of halogens is 1. The highest BCUT2D eigenvalue weighted by atomic mass is 35.5.